The minimum absolute atomic E-state index is 0.0550. The van der Waals surface area contributed by atoms with Gasteiger partial charge in [0.2, 0.25) is 0 Å². The van der Waals surface area contributed by atoms with Gasteiger partial charge in [0.05, 0.1) is 0 Å². The number of ketones is 1. The van der Waals surface area contributed by atoms with E-state index in [1.807, 2.05) is 84.9 Å². The van der Waals surface area contributed by atoms with Crippen molar-refractivity contribution < 1.29 is 19.1 Å². The molecule has 6 nitrogen and oxygen atoms in total. The molecule has 0 unspecified atom stereocenters. The van der Waals surface area contributed by atoms with Crippen LogP contribution in [-0.2, 0) is 11.4 Å². The fourth-order valence-electron chi connectivity index (χ4n) is 4.27. The average molecular weight is 658 g/mol. The van der Waals surface area contributed by atoms with Gasteiger partial charge in [-0.15, -0.1) is 0 Å². The molecule has 5 rings (SSSR count). The van der Waals surface area contributed by atoms with Crippen molar-refractivity contribution in [1.82, 2.24) is 5.32 Å². The first kappa shape index (κ1) is 30.9. The quantitative estimate of drug-likeness (QED) is 0.111. The number of amides is 2. The minimum Gasteiger partial charge on any atom is -0.489 e. The first-order valence-corrected chi connectivity index (χ1v) is 15.0. The Balaban J connectivity index is 1.28. The highest BCUT2D eigenvalue weighted by atomic mass is 79.9. The maximum Gasteiger partial charge on any atom is 0.272 e. The van der Waals surface area contributed by atoms with Crippen molar-refractivity contribution in [3.8, 4) is 5.75 Å². The largest absolute Gasteiger partial charge is 0.489 e. The summed E-state index contributed by atoms with van der Waals surface area (Å²) < 4.78 is 6.83. The van der Waals surface area contributed by atoms with E-state index in [-0.39, 0.29) is 11.5 Å². The number of benzene rings is 5. The van der Waals surface area contributed by atoms with Gasteiger partial charge in [0.1, 0.15) is 18.1 Å². The number of carbonyl (C=O) groups is 3. The molecule has 0 radical (unpaired) electrons. The number of carbonyl (C=O) groups excluding carboxylic acids is 3. The van der Waals surface area contributed by atoms with Crippen LogP contribution >= 0.6 is 15.9 Å². The van der Waals surface area contributed by atoms with Gasteiger partial charge in [0.25, 0.3) is 11.8 Å². The summed E-state index contributed by atoms with van der Waals surface area (Å²) in [5, 5.41) is 5.56. The third kappa shape index (κ3) is 9.23. The Morgan fingerprint density at radius 2 is 1.29 bits per heavy atom. The van der Waals surface area contributed by atoms with E-state index in [0.29, 0.717) is 34.7 Å². The molecule has 0 fully saturated rings. The fourth-order valence-corrected chi connectivity index (χ4v) is 4.53. The number of ether oxygens (including phenoxy) is 1. The Kier molecular flexibility index (Phi) is 10.5. The summed E-state index contributed by atoms with van der Waals surface area (Å²) in [6.45, 7) is 0.433. The average Bonchev–Trinajstić information content (AvgIpc) is 3.08. The van der Waals surface area contributed by atoms with Crippen LogP contribution in [0.3, 0.4) is 0 Å². The highest BCUT2D eigenvalue weighted by Crippen LogP contribution is 2.18. The van der Waals surface area contributed by atoms with E-state index in [1.165, 1.54) is 6.08 Å². The molecular formula is C38H29BrN2O4. The summed E-state index contributed by atoms with van der Waals surface area (Å²) in [5.41, 5.74) is 4.07. The summed E-state index contributed by atoms with van der Waals surface area (Å²) in [6.07, 6.45) is 4.86. The number of rotatable bonds is 11. The molecule has 0 spiro atoms. The van der Waals surface area contributed by atoms with Crippen molar-refractivity contribution in [2.24, 2.45) is 0 Å². The van der Waals surface area contributed by atoms with E-state index >= 15 is 0 Å². The van der Waals surface area contributed by atoms with Crippen LogP contribution in [0.25, 0.3) is 12.2 Å². The third-order valence-electron chi connectivity index (χ3n) is 6.69. The van der Waals surface area contributed by atoms with Gasteiger partial charge >= 0.3 is 0 Å². The number of hydrogen-bond donors (Lipinski definition) is 2. The highest BCUT2D eigenvalue weighted by Gasteiger charge is 2.15. The van der Waals surface area contributed by atoms with Gasteiger partial charge in [-0.1, -0.05) is 94.8 Å². The Bertz CT molecular complexity index is 1820. The van der Waals surface area contributed by atoms with Crippen LogP contribution in [0.2, 0.25) is 0 Å². The SMILES string of the molecule is O=C(Nc1ccc(C(=O)/C=C/c2ccc(Br)cc2)cc1)/C(=C/c1ccc(OCc2ccccc2)cc1)NC(=O)c1ccccc1. The lowest BCUT2D eigenvalue weighted by atomic mass is 10.1. The molecule has 0 aromatic heterocycles. The van der Waals surface area contributed by atoms with Crippen LogP contribution in [0.5, 0.6) is 5.75 Å². The van der Waals surface area contributed by atoms with E-state index in [0.717, 1.165) is 15.6 Å². The van der Waals surface area contributed by atoms with Crippen LogP contribution in [-0.4, -0.2) is 17.6 Å². The van der Waals surface area contributed by atoms with E-state index in [9.17, 15) is 14.4 Å². The predicted octanol–water partition coefficient (Wildman–Crippen LogP) is 8.33. The first-order valence-electron chi connectivity index (χ1n) is 14.2. The fraction of sp³-hybridized carbons (Fsp3) is 0.0263. The molecule has 0 aliphatic heterocycles. The zero-order valence-electron chi connectivity index (χ0n) is 24.2. The Labute approximate surface area is 270 Å². The van der Waals surface area contributed by atoms with Gasteiger partial charge < -0.3 is 15.4 Å². The van der Waals surface area contributed by atoms with Gasteiger partial charge in [-0.05, 0) is 89.5 Å². The topological polar surface area (TPSA) is 84.5 Å². The van der Waals surface area contributed by atoms with E-state index in [4.69, 9.17) is 4.74 Å². The van der Waals surface area contributed by atoms with Crippen LogP contribution in [0, 0.1) is 0 Å². The zero-order chi connectivity index (χ0) is 31.4. The Morgan fingerprint density at radius 3 is 1.96 bits per heavy atom. The second kappa shape index (κ2) is 15.3. The molecule has 222 valence electrons. The van der Waals surface area contributed by atoms with E-state index in [2.05, 4.69) is 26.6 Å². The summed E-state index contributed by atoms with van der Waals surface area (Å²) >= 11 is 3.40. The normalized spacial score (nSPS) is 11.2. The Morgan fingerprint density at radius 1 is 0.667 bits per heavy atom. The molecule has 0 heterocycles. The number of hydrogen-bond acceptors (Lipinski definition) is 4. The number of anilines is 1. The second-order valence-corrected chi connectivity index (χ2v) is 10.9. The molecule has 2 amide bonds. The summed E-state index contributed by atoms with van der Waals surface area (Å²) in [6, 6.07) is 40.0. The van der Waals surface area contributed by atoms with Crippen molar-refractivity contribution in [3.05, 3.63) is 178 Å². The van der Waals surface area contributed by atoms with Gasteiger partial charge in [-0.2, -0.15) is 0 Å². The van der Waals surface area contributed by atoms with Crippen molar-refractivity contribution in [1.29, 1.82) is 0 Å². The van der Waals surface area contributed by atoms with Crippen molar-refractivity contribution in [3.63, 3.8) is 0 Å². The lowest BCUT2D eigenvalue weighted by molar-refractivity contribution is -0.113. The maximum absolute atomic E-state index is 13.4. The molecule has 7 heteroatoms. The second-order valence-electron chi connectivity index (χ2n) is 10.0. The van der Waals surface area contributed by atoms with Gasteiger partial charge in [-0.3, -0.25) is 14.4 Å². The molecule has 0 atom stereocenters. The van der Waals surface area contributed by atoms with Crippen molar-refractivity contribution >= 4 is 51.4 Å². The molecule has 0 bridgehead atoms. The highest BCUT2D eigenvalue weighted by molar-refractivity contribution is 9.10. The first-order chi connectivity index (χ1) is 21.9. The summed E-state index contributed by atoms with van der Waals surface area (Å²) in [5.74, 6) is -0.421. The zero-order valence-corrected chi connectivity index (χ0v) is 25.7. The van der Waals surface area contributed by atoms with Gasteiger partial charge in [0.15, 0.2) is 5.78 Å². The third-order valence-corrected chi connectivity index (χ3v) is 7.22. The van der Waals surface area contributed by atoms with E-state index in [1.54, 1.807) is 60.7 Å². The lowest BCUT2D eigenvalue weighted by Gasteiger charge is -2.12. The lowest BCUT2D eigenvalue weighted by Crippen LogP contribution is -2.30. The van der Waals surface area contributed by atoms with Gasteiger partial charge in [0, 0.05) is 21.3 Å². The van der Waals surface area contributed by atoms with E-state index < -0.39 is 11.8 Å². The number of allylic oxidation sites excluding steroid dienone is 1. The van der Waals surface area contributed by atoms with Crippen LogP contribution in [0.4, 0.5) is 5.69 Å². The molecule has 5 aromatic rings. The molecular weight excluding hydrogens is 628 g/mol. The maximum atomic E-state index is 13.4. The summed E-state index contributed by atoms with van der Waals surface area (Å²) in [7, 11) is 0. The monoisotopic (exact) mass is 656 g/mol. The smallest absolute Gasteiger partial charge is 0.272 e. The molecule has 0 saturated carbocycles. The van der Waals surface area contributed by atoms with Crippen molar-refractivity contribution in [2.45, 2.75) is 6.61 Å². The van der Waals surface area contributed by atoms with Crippen LogP contribution < -0.4 is 15.4 Å². The van der Waals surface area contributed by atoms with Crippen LogP contribution in [0.1, 0.15) is 37.4 Å². The number of nitrogens with one attached hydrogen (secondary N) is 2. The minimum atomic E-state index is -0.516. The Hall–Kier alpha value is -5.53. The molecule has 45 heavy (non-hydrogen) atoms. The molecule has 2 N–H and O–H groups in total. The van der Waals surface area contributed by atoms with Crippen LogP contribution in [0.15, 0.2) is 150 Å². The van der Waals surface area contributed by atoms with Crippen molar-refractivity contribution in [2.75, 3.05) is 5.32 Å². The predicted molar refractivity (Wildman–Crippen MR) is 182 cm³/mol. The standard InChI is InChI=1S/C38H29BrN2O4/c39-32-18-11-27(12-19-32)15-24-36(42)30-16-20-33(21-17-30)40-38(44)35(41-37(43)31-9-5-2-6-10-31)25-28-13-22-34(23-14-28)45-26-29-7-3-1-4-8-29/h1-25H,26H2,(H,40,44)(H,41,43)/b24-15+,35-25-. The molecule has 0 saturated heterocycles. The molecule has 0 aliphatic rings. The molecule has 5 aromatic carbocycles. The van der Waals surface area contributed by atoms with Gasteiger partial charge in [-0.25, -0.2) is 0 Å². The number of halogens is 1. The summed E-state index contributed by atoms with van der Waals surface area (Å²) in [4.78, 5) is 39.1. The molecule has 0 aliphatic carbocycles.